The lowest BCUT2D eigenvalue weighted by atomic mass is 10.1. The third kappa shape index (κ3) is 2.34. The van der Waals surface area contributed by atoms with Gasteiger partial charge in [-0.25, -0.2) is 0 Å². The molecule has 0 amide bonds. The van der Waals surface area contributed by atoms with E-state index in [0.717, 1.165) is 0 Å². The molecule has 0 aliphatic carbocycles. The maximum absolute atomic E-state index is 12.2. The molecule has 1 N–H and O–H groups in total. The van der Waals surface area contributed by atoms with Crippen LogP contribution < -0.4 is 10.2 Å². The SMILES string of the molecule is COc1ccc(O)c(-c2cc(=O)c3cccc(Cl)c3o2)c1. The number of phenols is 1. The second kappa shape index (κ2) is 5.14. The molecule has 0 bridgehead atoms. The van der Waals surface area contributed by atoms with E-state index in [4.69, 9.17) is 20.8 Å². The van der Waals surface area contributed by atoms with Gasteiger partial charge in [-0.1, -0.05) is 17.7 Å². The summed E-state index contributed by atoms with van der Waals surface area (Å²) in [5.74, 6) is 0.770. The maximum atomic E-state index is 12.2. The minimum absolute atomic E-state index is 0.00893. The van der Waals surface area contributed by atoms with Crippen molar-refractivity contribution < 1.29 is 14.3 Å². The molecular weight excluding hydrogens is 292 g/mol. The van der Waals surface area contributed by atoms with Crippen molar-refractivity contribution in [3.63, 3.8) is 0 Å². The molecular formula is C16H11ClO4. The van der Waals surface area contributed by atoms with Gasteiger partial charge in [0.25, 0.3) is 0 Å². The van der Waals surface area contributed by atoms with E-state index < -0.39 is 0 Å². The fourth-order valence-electron chi connectivity index (χ4n) is 2.12. The molecule has 21 heavy (non-hydrogen) atoms. The first kappa shape index (κ1) is 13.5. The molecule has 0 unspecified atom stereocenters. The first-order valence-electron chi connectivity index (χ1n) is 6.20. The van der Waals surface area contributed by atoms with Gasteiger partial charge in [0.2, 0.25) is 0 Å². The number of rotatable bonds is 2. The average molecular weight is 303 g/mol. The summed E-state index contributed by atoms with van der Waals surface area (Å²) in [4.78, 5) is 12.2. The van der Waals surface area contributed by atoms with E-state index in [2.05, 4.69) is 0 Å². The Hall–Kier alpha value is -2.46. The highest BCUT2D eigenvalue weighted by molar-refractivity contribution is 6.34. The van der Waals surface area contributed by atoms with Crippen molar-refractivity contribution in [1.29, 1.82) is 0 Å². The largest absolute Gasteiger partial charge is 0.507 e. The molecule has 0 saturated heterocycles. The minimum Gasteiger partial charge on any atom is -0.507 e. The molecule has 1 aromatic heterocycles. The fraction of sp³-hybridized carbons (Fsp3) is 0.0625. The van der Waals surface area contributed by atoms with Crippen molar-refractivity contribution in [3.05, 3.63) is 57.7 Å². The number of para-hydroxylation sites is 1. The van der Waals surface area contributed by atoms with Crippen molar-refractivity contribution in [2.24, 2.45) is 0 Å². The van der Waals surface area contributed by atoms with Gasteiger partial charge in [0.05, 0.1) is 23.1 Å². The van der Waals surface area contributed by atoms with Crippen LogP contribution in [0, 0.1) is 0 Å². The zero-order valence-electron chi connectivity index (χ0n) is 11.1. The van der Waals surface area contributed by atoms with Crippen molar-refractivity contribution in [2.75, 3.05) is 7.11 Å². The molecule has 0 radical (unpaired) electrons. The van der Waals surface area contributed by atoms with Crippen LogP contribution >= 0.6 is 11.6 Å². The molecule has 0 saturated carbocycles. The third-order valence-corrected chi connectivity index (χ3v) is 3.47. The van der Waals surface area contributed by atoms with Crippen molar-refractivity contribution >= 4 is 22.6 Å². The zero-order valence-corrected chi connectivity index (χ0v) is 11.8. The lowest BCUT2D eigenvalue weighted by Gasteiger charge is -2.08. The Bertz CT molecular complexity index is 883. The topological polar surface area (TPSA) is 59.7 Å². The number of benzene rings is 2. The van der Waals surface area contributed by atoms with Gasteiger partial charge in [0, 0.05) is 6.07 Å². The Morgan fingerprint density at radius 2 is 2.00 bits per heavy atom. The van der Waals surface area contributed by atoms with Gasteiger partial charge in [-0.3, -0.25) is 4.79 Å². The molecule has 106 valence electrons. The number of methoxy groups -OCH3 is 1. The summed E-state index contributed by atoms with van der Waals surface area (Å²) < 4.78 is 10.8. The highest BCUT2D eigenvalue weighted by Gasteiger charge is 2.13. The van der Waals surface area contributed by atoms with Crippen LogP contribution in [0.4, 0.5) is 0 Å². The van der Waals surface area contributed by atoms with Crippen molar-refractivity contribution in [2.45, 2.75) is 0 Å². The molecule has 5 heteroatoms. The van der Waals surface area contributed by atoms with E-state index in [-0.39, 0.29) is 16.9 Å². The van der Waals surface area contributed by atoms with Crippen LogP contribution in [0.3, 0.4) is 0 Å². The maximum Gasteiger partial charge on any atom is 0.193 e. The molecule has 3 rings (SSSR count). The number of ether oxygens (including phenoxy) is 1. The molecule has 0 atom stereocenters. The third-order valence-electron chi connectivity index (χ3n) is 3.18. The van der Waals surface area contributed by atoms with Crippen LogP contribution in [0.5, 0.6) is 11.5 Å². The first-order valence-corrected chi connectivity index (χ1v) is 6.57. The van der Waals surface area contributed by atoms with Crippen LogP contribution in [0.2, 0.25) is 5.02 Å². The van der Waals surface area contributed by atoms with Crippen molar-refractivity contribution in [3.8, 4) is 22.8 Å². The predicted molar refractivity (Wildman–Crippen MR) is 81.1 cm³/mol. The summed E-state index contributed by atoms with van der Waals surface area (Å²) in [7, 11) is 1.52. The van der Waals surface area contributed by atoms with Gasteiger partial charge in [-0.2, -0.15) is 0 Å². The Morgan fingerprint density at radius 1 is 1.19 bits per heavy atom. The summed E-state index contributed by atoms with van der Waals surface area (Å²) in [5.41, 5.74) is 0.438. The molecule has 1 heterocycles. The summed E-state index contributed by atoms with van der Waals surface area (Å²) >= 11 is 6.07. The van der Waals surface area contributed by atoms with Crippen LogP contribution in [-0.4, -0.2) is 12.2 Å². The van der Waals surface area contributed by atoms with E-state index in [0.29, 0.717) is 27.3 Å². The fourth-order valence-corrected chi connectivity index (χ4v) is 2.33. The average Bonchev–Trinajstić information content (AvgIpc) is 2.49. The normalized spacial score (nSPS) is 10.8. The second-order valence-corrected chi connectivity index (χ2v) is 4.88. The molecule has 0 aliphatic rings. The molecule has 0 fully saturated rings. The summed E-state index contributed by atoms with van der Waals surface area (Å²) in [6.45, 7) is 0. The number of phenolic OH excluding ortho intramolecular Hbond substituents is 1. The summed E-state index contributed by atoms with van der Waals surface area (Å²) in [5, 5.41) is 10.7. The Balaban J connectivity index is 2.31. The molecule has 4 nitrogen and oxygen atoms in total. The highest BCUT2D eigenvalue weighted by atomic mass is 35.5. The smallest absolute Gasteiger partial charge is 0.193 e. The van der Waals surface area contributed by atoms with Gasteiger partial charge in [0.1, 0.15) is 17.3 Å². The first-order chi connectivity index (χ1) is 10.1. The predicted octanol–water partition coefficient (Wildman–Crippen LogP) is 3.83. The summed E-state index contributed by atoms with van der Waals surface area (Å²) in [6.07, 6.45) is 0. The Morgan fingerprint density at radius 3 is 2.76 bits per heavy atom. The number of halogens is 1. The van der Waals surface area contributed by atoms with E-state index in [1.807, 2.05) is 0 Å². The lowest BCUT2D eigenvalue weighted by Crippen LogP contribution is -2.00. The molecule has 0 spiro atoms. The van der Waals surface area contributed by atoms with Gasteiger partial charge >= 0.3 is 0 Å². The summed E-state index contributed by atoms with van der Waals surface area (Å²) in [6, 6.07) is 11.0. The molecule has 2 aromatic carbocycles. The van der Waals surface area contributed by atoms with Crippen LogP contribution in [0.1, 0.15) is 0 Å². The van der Waals surface area contributed by atoms with E-state index >= 15 is 0 Å². The van der Waals surface area contributed by atoms with E-state index in [9.17, 15) is 9.90 Å². The van der Waals surface area contributed by atoms with Gasteiger partial charge < -0.3 is 14.3 Å². The van der Waals surface area contributed by atoms with Gasteiger partial charge in [-0.05, 0) is 30.3 Å². The number of aromatic hydroxyl groups is 1. The van der Waals surface area contributed by atoms with Crippen LogP contribution in [-0.2, 0) is 0 Å². The standard InChI is InChI=1S/C16H11ClO4/c1-20-9-5-6-13(18)11(7-9)15-8-14(19)10-3-2-4-12(17)16(10)21-15/h2-8,18H,1H3. The Labute approximate surface area is 125 Å². The Kier molecular flexibility index (Phi) is 3.31. The minimum atomic E-state index is -0.226. The monoisotopic (exact) mass is 302 g/mol. The van der Waals surface area contributed by atoms with E-state index in [1.54, 1.807) is 30.3 Å². The van der Waals surface area contributed by atoms with Gasteiger partial charge in [0.15, 0.2) is 11.0 Å². The van der Waals surface area contributed by atoms with Gasteiger partial charge in [-0.15, -0.1) is 0 Å². The quantitative estimate of drug-likeness (QED) is 0.781. The molecule has 3 aromatic rings. The number of fused-ring (bicyclic) bond motifs is 1. The lowest BCUT2D eigenvalue weighted by molar-refractivity contribution is 0.412. The molecule has 0 aliphatic heterocycles. The zero-order chi connectivity index (χ0) is 15.0. The van der Waals surface area contributed by atoms with Crippen LogP contribution in [0.25, 0.3) is 22.3 Å². The highest BCUT2D eigenvalue weighted by Crippen LogP contribution is 2.34. The van der Waals surface area contributed by atoms with Crippen LogP contribution in [0.15, 0.2) is 51.7 Å². The van der Waals surface area contributed by atoms with Crippen molar-refractivity contribution in [1.82, 2.24) is 0 Å². The number of hydrogen-bond donors (Lipinski definition) is 1. The van der Waals surface area contributed by atoms with E-state index in [1.165, 1.54) is 19.2 Å². The second-order valence-electron chi connectivity index (χ2n) is 4.47. The number of hydrogen-bond acceptors (Lipinski definition) is 4.